The molecule has 0 aromatic rings. The topological polar surface area (TPSA) is 108 Å². The molecule has 74 valence electrons. The first-order valence-corrected chi connectivity index (χ1v) is 3.37. The Hall–Kier alpha value is -1.64. The summed E-state index contributed by atoms with van der Waals surface area (Å²) in [7, 11) is 0. The summed E-state index contributed by atoms with van der Waals surface area (Å²) in [6.07, 6.45) is -0.894. The zero-order chi connectivity index (χ0) is 9.84. The quantitative estimate of drug-likeness (QED) is 0.419. The highest BCUT2D eigenvalue weighted by atomic mass is 17.0. The van der Waals surface area contributed by atoms with Crippen LogP contribution in [0, 0.1) is 20.2 Å². The number of rotatable bonds is 3. The van der Waals surface area contributed by atoms with Crippen molar-refractivity contribution in [2.45, 2.75) is 6.10 Å². The van der Waals surface area contributed by atoms with Crippen LogP contribution in [0.2, 0.25) is 0 Å². The molecule has 1 rings (SSSR count). The predicted molar refractivity (Wildman–Crippen MR) is 36.4 cm³/mol. The molecule has 0 spiro atoms. The minimum atomic E-state index is -0.989. The molecule has 1 unspecified atom stereocenters. The molecule has 1 fully saturated rings. The van der Waals surface area contributed by atoms with Gasteiger partial charge in [0.25, 0.3) is 5.09 Å². The SMILES string of the molecule is O=[N+]([O-])OC1COCN([N+](=O)[O-])C1. The molecule has 1 saturated heterocycles. The molecule has 0 aromatic heterocycles. The molecule has 0 saturated carbocycles. The second-order valence-corrected chi connectivity index (χ2v) is 2.38. The van der Waals surface area contributed by atoms with Crippen LogP contribution in [-0.2, 0) is 9.57 Å². The standard InChI is InChI=1S/C4H7N3O6/c8-6(9)5-1-4(2-12-3-5)13-7(10)11/h4H,1-3H2. The lowest BCUT2D eigenvalue weighted by atomic mass is 10.3. The van der Waals surface area contributed by atoms with Crippen LogP contribution in [0.4, 0.5) is 0 Å². The van der Waals surface area contributed by atoms with E-state index in [1.54, 1.807) is 0 Å². The zero-order valence-electron chi connectivity index (χ0n) is 6.49. The number of nitrogens with zero attached hydrogens (tertiary/aromatic N) is 3. The van der Waals surface area contributed by atoms with Gasteiger partial charge in [-0.2, -0.15) is 0 Å². The molecule has 0 aliphatic carbocycles. The Morgan fingerprint density at radius 1 is 1.46 bits per heavy atom. The Balaban J connectivity index is 2.41. The van der Waals surface area contributed by atoms with Gasteiger partial charge in [0, 0.05) is 0 Å². The summed E-state index contributed by atoms with van der Waals surface area (Å²) < 4.78 is 4.71. The second-order valence-electron chi connectivity index (χ2n) is 2.38. The summed E-state index contributed by atoms with van der Waals surface area (Å²) >= 11 is 0. The number of hydrogen-bond donors (Lipinski definition) is 0. The van der Waals surface area contributed by atoms with E-state index in [0.717, 1.165) is 0 Å². The van der Waals surface area contributed by atoms with Crippen LogP contribution < -0.4 is 0 Å². The number of hydrazine groups is 1. The minimum absolute atomic E-state index is 0.00861. The summed E-state index contributed by atoms with van der Waals surface area (Å²) in [4.78, 5) is 24.2. The van der Waals surface area contributed by atoms with Crippen LogP contribution in [0.1, 0.15) is 0 Å². The van der Waals surface area contributed by atoms with E-state index in [-0.39, 0.29) is 19.9 Å². The molecule has 1 aliphatic heterocycles. The van der Waals surface area contributed by atoms with E-state index in [2.05, 4.69) is 4.84 Å². The molecule has 0 bridgehead atoms. The summed E-state index contributed by atoms with van der Waals surface area (Å²) in [5.74, 6) is 0. The van der Waals surface area contributed by atoms with Gasteiger partial charge < -0.3 is 9.57 Å². The monoisotopic (exact) mass is 193 g/mol. The van der Waals surface area contributed by atoms with Gasteiger partial charge in [-0.25, -0.2) is 10.1 Å². The molecule has 13 heavy (non-hydrogen) atoms. The van der Waals surface area contributed by atoms with Gasteiger partial charge in [0.2, 0.25) is 0 Å². The van der Waals surface area contributed by atoms with Crippen LogP contribution in [0.3, 0.4) is 0 Å². The first-order chi connectivity index (χ1) is 6.09. The van der Waals surface area contributed by atoms with E-state index in [0.29, 0.717) is 5.01 Å². The smallest absolute Gasteiger partial charge is 0.294 e. The van der Waals surface area contributed by atoms with Crippen molar-refractivity contribution in [2.24, 2.45) is 0 Å². The molecule has 9 heteroatoms. The molecule has 0 radical (unpaired) electrons. The van der Waals surface area contributed by atoms with Gasteiger partial charge in [0.1, 0.15) is 6.54 Å². The number of ether oxygens (including phenoxy) is 1. The minimum Gasteiger partial charge on any atom is -0.353 e. The molecular weight excluding hydrogens is 186 g/mol. The van der Waals surface area contributed by atoms with E-state index in [1.165, 1.54) is 0 Å². The Labute approximate surface area is 72.0 Å². The van der Waals surface area contributed by atoms with E-state index in [9.17, 15) is 20.2 Å². The third kappa shape index (κ3) is 2.71. The molecule has 0 aromatic carbocycles. The summed E-state index contributed by atoms with van der Waals surface area (Å²) in [6, 6.07) is 0. The molecule has 0 N–H and O–H groups in total. The fourth-order valence-corrected chi connectivity index (χ4v) is 0.929. The van der Waals surface area contributed by atoms with Gasteiger partial charge in [-0.15, -0.1) is 15.1 Å². The van der Waals surface area contributed by atoms with Crippen LogP contribution in [0.5, 0.6) is 0 Å². The Morgan fingerprint density at radius 2 is 2.15 bits per heavy atom. The van der Waals surface area contributed by atoms with Crippen molar-refractivity contribution in [1.82, 2.24) is 5.01 Å². The number of hydrogen-bond acceptors (Lipinski definition) is 6. The maximum atomic E-state index is 10.2. The van der Waals surface area contributed by atoms with Gasteiger partial charge in [-0.1, -0.05) is 0 Å². The summed E-state index contributed by atoms with van der Waals surface area (Å²) in [5, 5.41) is 19.1. The average Bonchev–Trinajstić information content (AvgIpc) is 2.03. The van der Waals surface area contributed by atoms with Crippen LogP contribution >= 0.6 is 0 Å². The summed E-state index contributed by atoms with van der Waals surface area (Å²) in [5.41, 5.74) is 0. The molecular formula is C4H7N3O6. The Kier molecular flexibility index (Phi) is 2.80. The molecule has 1 atom stereocenters. The lowest BCUT2D eigenvalue weighted by molar-refractivity contribution is -0.775. The molecule has 1 aliphatic rings. The Bertz CT molecular complexity index is 220. The van der Waals surface area contributed by atoms with Gasteiger partial charge in [0.15, 0.2) is 17.9 Å². The van der Waals surface area contributed by atoms with E-state index in [4.69, 9.17) is 4.74 Å². The van der Waals surface area contributed by atoms with Crippen LogP contribution in [0.25, 0.3) is 0 Å². The molecule has 0 amide bonds. The van der Waals surface area contributed by atoms with Crippen LogP contribution in [-0.4, -0.2) is 41.1 Å². The van der Waals surface area contributed by atoms with Crippen molar-refractivity contribution >= 4 is 0 Å². The highest BCUT2D eigenvalue weighted by Crippen LogP contribution is 2.05. The first-order valence-electron chi connectivity index (χ1n) is 3.37. The lowest BCUT2D eigenvalue weighted by Crippen LogP contribution is -2.47. The third-order valence-electron chi connectivity index (χ3n) is 1.42. The van der Waals surface area contributed by atoms with Crippen molar-refractivity contribution in [1.29, 1.82) is 0 Å². The predicted octanol–water partition coefficient (Wildman–Crippen LogP) is -0.955. The van der Waals surface area contributed by atoms with Crippen molar-refractivity contribution < 1.29 is 19.7 Å². The highest BCUT2D eigenvalue weighted by Gasteiger charge is 2.28. The fourth-order valence-electron chi connectivity index (χ4n) is 0.929. The van der Waals surface area contributed by atoms with E-state index < -0.39 is 16.2 Å². The van der Waals surface area contributed by atoms with Crippen molar-refractivity contribution in [3.05, 3.63) is 20.2 Å². The average molecular weight is 193 g/mol. The maximum Gasteiger partial charge on any atom is 0.294 e. The Morgan fingerprint density at radius 3 is 2.69 bits per heavy atom. The second kappa shape index (κ2) is 3.85. The zero-order valence-corrected chi connectivity index (χ0v) is 6.49. The van der Waals surface area contributed by atoms with Crippen molar-refractivity contribution in [2.75, 3.05) is 19.9 Å². The van der Waals surface area contributed by atoms with Crippen LogP contribution in [0.15, 0.2) is 0 Å². The maximum absolute atomic E-state index is 10.2. The first kappa shape index (κ1) is 9.45. The highest BCUT2D eigenvalue weighted by molar-refractivity contribution is 4.61. The fraction of sp³-hybridized carbons (Fsp3) is 1.00. The largest absolute Gasteiger partial charge is 0.353 e. The van der Waals surface area contributed by atoms with Crippen molar-refractivity contribution in [3.8, 4) is 0 Å². The van der Waals surface area contributed by atoms with E-state index in [1.807, 2.05) is 0 Å². The van der Waals surface area contributed by atoms with Gasteiger partial charge >= 0.3 is 0 Å². The van der Waals surface area contributed by atoms with E-state index >= 15 is 0 Å². The number of nitro groups is 1. The van der Waals surface area contributed by atoms with Gasteiger partial charge in [0.05, 0.1) is 6.61 Å². The third-order valence-corrected chi connectivity index (χ3v) is 1.42. The summed E-state index contributed by atoms with van der Waals surface area (Å²) in [6.45, 7) is -0.329. The molecule has 1 heterocycles. The molecule has 9 nitrogen and oxygen atoms in total. The lowest BCUT2D eigenvalue weighted by Gasteiger charge is -2.24. The van der Waals surface area contributed by atoms with Gasteiger partial charge in [-0.05, 0) is 0 Å². The van der Waals surface area contributed by atoms with Gasteiger partial charge in [-0.3, -0.25) is 0 Å². The normalized spacial score (nSPS) is 22.5. The van der Waals surface area contributed by atoms with Crippen molar-refractivity contribution in [3.63, 3.8) is 0 Å².